The van der Waals surface area contributed by atoms with Crippen LogP contribution in [0.5, 0.6) is 0 Å². The quantitative estimate of drug-likeness (QED) is 0.786. The number of benzene rings is 1. The van der Waals surface area contributed by atoms with Gasteiger partial charge in [-0.15, -0.1) is 0 Å². The molecule has 1 aromatic carbocycles. The fraction of sp³-hybridized carbons (Fsp3) is 0.538. The Hall–Kier alpha value is -0.960. The Labute approximate surface area is 95.9 Å². The topological polar surface area (TPSA) is 12.0 Å². The fourth-order valence-corrected chi connectivity index (χ4v) is 1.73. The molecule has 0 radical (unpaired) electrons. The van der Waals surface area contributed by atoms with Gasteiger partial charge in [-0.1, -0.05) is 37.3 Å². The largest absolute Gasteiger partial charge is 0.307 e. The molecule has 0 saturated carbocycles. The standard InChI is InChI=1S/C13H19F2N/c1-3-16-13(2,12(14)15)10-9-11-7-5-4-6-8-11/h4-8,12,16H,3,9-10H2,1-2H3. The van der Waals surface area contributed by atoms with Gasteiger partial charge in [0.15, 0.2) is 0 Å². The van der Waals surface area contributed by atoms with Crippen molar-refractivity contribution in [3.8, 4) is 0 Å². The van der Waals surface area contributed by atoms with Gasteiger partial charge in [0.2, 0.25) is 0 Å². The first-order chi connectivity index (χ1) is 7.58. The van der Waals surface area contributed by atoms with Gasteiger partial charge in [0.25, 0.3) is 6.43 Å². The summed E-state index contributed by atoms with van der Waals surface area (Å²) in [5.41, 5.74) is 0.0252. The van der Waals surface area contributed by atoms with E-state index in [0.717, 1.165) is 5.56 Å². The Morgan fingerprint density at radius 3 is 2.38 bits per heavy atom. The zero-order chi connectivity index (χ0) is 12.0. The van der Waals surface area contributed by atoms with Crippen molar-refractivity contribution in [2.24, 2.45) is 0 Å². The maximum absolute atomic E-state index is 12.9. The molecule has 90 valence electrons. The maximum atomic E-state index is 12.9. The van der Waals surface area contributed by atoms with Crippen molar-refractivity contribution in [2.75, 3.05) is 6.54 Å². The predicted octanol–water partition coefficient (Wildman–Crippen LogP) is 3.25. The van der Waals surface area contributed by atoms with Crippen molar-refractivity contribution < 1.29 is 8.78 Å². The van der Waals surface area contributed by atoms with Gasteiger partial charge in [0, 0.05) is 0 Å². The van der Waals surface area contributed by atoms with E-state index in [1.807, 2.05) is 37.3 Å². The summed E-state index contributed by atoms with van der Waals surface area (Å²) in [5.74, 6) is 0. The smallest absolute Gasteiger partial charge is 0.256 e. The lowest BCUT2D eigenvalue weighted by molar-refractivity contribution is 0.0364. The Morgan fingerprint density at radius 2 is 1.88 bits per heavy atom. The highest BCUT2D eigenvalue weighted by Crippen LogP contribution is 2.21. The molecule has 0 fully saturated rings. The van der Waals surface area contributed by atoms with Gasteiger partial charge < -0.3 is 5.32 Å². The molecule has 0 aliphatic heterocycles. The van der Waals surface area contributed by atoms with Crippen LogP contribution in [0.25, 0.3) is 0 Å². The second-order valence-corrected chi connectivity index (χ2v) is 4.23. The van der Waals surface area contributed by atoms with Crippen molar-refractivity contribution in [1.29, 1.82) is 0 Å². The molecule has 1 nitrogen and oxygen atoms in total. The molecule has 0 bridgehead atoms. The molecule has 16 heavy (non-hydrogen) atoms. The second kappa shape index (κ2) is 5.94. The molecule has 3 heteroatoms. The molecule has 0 aromatic heterocycles. The monoisotopic (exact) mass is 227 g/mol. The summed E-state index contributed by atoms with van der Waals surface area (Å²) >= 11 is 0. The summed E-state index contributed by atoms with van der Waals surface area (Å²) in [5, 5.41) is 2.88. The Balaban J connectivity index is 2.57. The van der Waals surface area contributed by atoms with E-state index in [4.69, 9.17) is 0 Å². The molecule has 0 aliphatic rings. The second-order valence-electron chi connectivity index (χ2n) is 4.23. The average molecular weight is 227 g/mol. The number of hydrogen-bond acceptors (Lipinski definition) is 1. The van der Waals surface area contributed by atoms with Crippen molar-refractivity contribution >= 4 is 0 Å². The molecular formula is C13H19F2N. The SMILES string of the molecule is CCNC(C)(CCc1ccccc1)C(F)F. The van der Waals surface area contributed by atoms with Gasteiger partial charge in [-0.3, -0.25) is 0 Å². The molecule has 0 heterocycles. The number of aryl methyl sites for hydroxylation is 1. The van der Waals surface area contributed by atoms with E-state index < -0.39 is 12.0 Å². The molecule has 1 atom stereocenters. The Morgan fingerprint density at radius 1 is 1.25 bits per heavy atom. The zero-order valence-electron chi connectivity index (χ0n) is 9.84. The molecule has 1 unspecified atom stereocenters. The lowest BCUT2D eigenvalue weighted by atomic mass is 9.93. The summed E-state index contributed by atoms with van der Waals surface area (Å²) in [4.78, 5) is 0. The summed E-state index contributed by atoms with van der Waals surface area (Å²) in [6.45, 7) is 4.00. The molecule has 0 aliphatic carbocycles. The van der Waals surface area contributed by atoms with Crippen LogP contribution in [0.4, 0.5) is 8.78 Å². The molecule has 1 N–H and O–H groups in total. The summed E-state index contributed by atoms with van der Waals surface area (Å²) < 4.78 is 25.8. The summed E-state index contributed by atoms with van der Waals surface area (Å²) in [6, 6.07) is 9.74. The van der Waals surface area contributed by atoms with E-state index in [1.165, 1.54) is 0 Å². The number of rotatable bonds is 6. The Kier molecular flexibility index (Phi) is 4.87. The average Bonchev–Trinajstić information content (AvgIpc) is 2.28. The third-order valence-corrected chi connectivity index (χ3v) is 2.84. The predicted molar refractivity (Wildman–Crippen MR) is 62.8 cm³/mol. The number of halogens is 2. The van der Waals surface area contributed by atoms with Gasteiger partial charge in [0.05, 0.1) is 5.54 Å². The first-order valence-electron chi connectivity index (χ1n) is 5.65. The third-order valence-electron chi connectivity index (χ3n) is 2.84. The molecule has 0 spiro atoms. The minimum absolute atomic E-state index is 0.447. The lowest BCUT2D eigenvalue weighted by Crippen LogP contribution is -2.48. The van der Waals surface area contributed by atoms with E-state index in [-0.39, 0.29) is 0 Å². The highest BCUT2D eigenvalue weighted by atomic mass is 19.3. The van der Waals surface area contributed by atoms with Gasteiger partial charge in [0.1, 0.15) is 0 Å². The molecule has 1 rings (SSSR count). The van der Waals surface area contributed by atoms with Crippen LogP contribution in [0.15, 0.2) is 30.3 Å². The number of alkyl halides is 2. The number of nitrogens with one attached hydrogen (secondary N) is 1. The van der Waals surface area contributed by atoms with Gasteiger partial charge in [-0.2, -0.15) is 0 Å². The lowest BCUT2D eigenvalue weighted by Gasteiger charge is -2.29. The highest BCUT2D eigenvalue weighted by molar-refractivity contribution is 5.15. The molecule has 1 aromatic rings. The number of hydrogen-bond donors (Lipinski definition) is 1. The van der Waals surface area contributed by atoms with E-state index in [9.17, 15) is 8.78 Å². The molecule has 0 amide bonds. The van der Waals surface area contributed by atoms with Crippen LogP contribution < -0.4 is 5.32 Å². The van der Waals surface area contributed by atoms with Crippen LogP contribution in [-0.4, -0.2) is 18.5 Å². The first kappa shape index (κ1) is 13.1. The van der Waals surface area contributed by atoms with E-state index in [1.54, 1.807) is 6.92 Å². The zero-order valence-corrected chi connectivity index (χ0v) is 9.84. The van der Waals surface area contributed by atoms with Crippen molar-refractivity contribution in [3.63, 3.8) is 0 Å². The van der Waals surface area contributed by atoms with Crippen LogP contribution in [0.2, 0.25) is 0 Å². The maximum Gasteiger partial charge on any atom is 0.256 e. The van der Waals surface area contributed by atoms with Crippen LogP contribution in [0.3, 0.4) is 0 Å². The summed E-state index contributed by atoms with van der Waals surface area (Å²) in [7, 11) is 0. The van der Waals surface area contributed by atoms with Crippen molar-refractivity contribution in [1.82, 2.24) is 5.32 Å². The Bertz CT molecular complexity index is 300. The van der Waals surface area contributed by atoms with E-state index in [0.29, 0.717) is 19.4 Å². The van der Waals surface area contributed by atoms with E-state index in [2.05, 4.69) is 5.32 Å². The fourth-order valence-electron chi connectivity index (χ4n) is 1.73. The van der Waals surface area contributed by atoms with Crippen LogP contribution in [0.1, 0.15) is 25.8 Å². The highest BCUT2D eigenvalue weighted by Gasteiger charge is 2.33. The van der Waals surface area contributed by atoms with Crippen LogP contribution in [0, 0.1) is 0 Å². The third kappa shape index (κ3) is 3.56. The van der Waals surface area contributed by atoms with Gasteiger partial charge in [-0.25, -0.2) is 8.78 Å². The van der Waals surface area contributed by atoms with Crippen LogP contribution >= 0.6 is 0 Å². The first-order valence-corrected chi connectivity index (χ1v) is 5.65. The minimum Gasteiger partial charge on any atom is -0.307 e. The van der Waals surface area contributed by atoms with Gasteiger partial charge >= 0.3 is 0 Å². The molecular weight excluding hydrogens is 208 g/mol. The normalized spacial score (nSPS) is 15.1. The van der Waals surface area contributed by atoms with Crippen molar-refractivity contribution in [3.05, 3.63) is 35.9 Å². The van der Waals surface area contributed by atoms with Crippen LogP contribution in [-0.2, 0) is 6.42 Å². The van der Waals surface area contributed by atoms with Gasteiger partial charge in [-0.05, 0) is 31.9 Å². The van der Waals surface area contributed by atoms with E-state index >= 15 is 0 Å². The summed E-state index contributed by atoms with van der Waals surface area (Å²) in [6.07, 6.45) is -1.21. The van der Waals surface area contributed by atoms with Crippen molar-refractivity contribution in [2.45, 2.75) is 38.7 Å². The molecule has 0 saturated heterocycles. The minimum atomic E-state index is -2.34.